The molecule has 1 aliphatic heterocycles. The Kier molecular flexibility index (Phi) is 6.38. The van der Waals surface area contributed by atoms with Crippen LogP contribution in [-0.4, -0.2) is 41.8 Å². The minimum atomic E-state index is -2.94. The Morgan fingerprint density at radius 1 is 1.14 bits per heavy atom. The molecular formula is C20H19F2N3O4. The number of carbonyl (C=O) groups is 3. The molecule has 2 aromatic carbocycles. The third kappa shape index (κ3) is 5.74. The van der Waals surface area contributed by atoms with Crippen molar-refractivity contribution in [2.75, 3.05) is 11.9 Å². The number of piperazine rings is 1. The average Bonchev–Trinajstić information content (AvgIpc) is 2.67. The highest BCUT2D eigenvalue weighted by molar-refractivity contribution is 6.00. The van der Waals surface area contributed by atoms with Crippen molar-refractivity contribution in [3.63, 3.8) is 0 Å². The van der Waals surface area contributed by atoms with Crippen molar-refractivity contribution in [3.8, 4) is 5.75 Å². The summed E-state index contributed by atoms with van der Waals surface area (Å²) < 4.78 is 28.6. The molecular weight excluding hydrogens is 384 g/mol. The number of alkyl halides is 2. The van der Waals surface area contributed by atoms with E-state index in [9.17, 15) is 23.2 Å². The van der Waals surface area contributed by atoms with E-state index >= 15 is 0 Å². The molecule has 0 spiro atoms. The standard InChI is InChI=1S/C20H19F2N3O4/c21-20(22)29-15-8-6-14(7-9-15)23-17(26)10-16-19(28)25(12-18(27)24-16)11-13-4-2-1-3-5-13/h1-9,16,20H,10-12H2,(H,23,26)(H,24,27). The Labute approximate surface area is 165 Å². The molecule has 0 aromatic heterocycles. The van der Waals surface area contributed by atoms with Gasteiger partial charge in [0.15, 0.2) is 0 Å². The zero-order valence-electron chi connectivity index (χ0n) is 15.3. The molecule has 9 heteroatoms. The number of benzene rings is 2. The molecule has 0 bridgehead atoms. The number of nitrogens with one attached hydrogen (secondary N) is 2. The Balaban J connectivity index is 1.58. The number of anilines is 1. The third-order valence-corrected chi connectivity index (χ3v) is 4.25. The number of rotatable bonds is 7. The van der Waals surface area contributed by atoms with E-state index in [4.69, 9.17) is 0 Å². The summed E-state index contributed by atoms with van der Waals surface area (Å²) in [6.45, 7) is -2.73. The molecule has 3 amide bonds. The fraction of sp³-hybridized carbons (Fsp3) is 0.250. The van der Waals surface area contributed by atoms with Gasteiger partial charge in [-0.05, 0) is 29.8 Å². The Morgan fingerprint density at radius 3 is 2.48 bits per heavy atom. The van der Waals surface area contributed by atoms with Crippen LogP contribution in [0.4, 0.5) is 14.5 Å². The number of halogens is 2. The molecule has 2 aromatic rings. The number of hydrogen-bond acceptors (Lipinski definition) is 4. The first kappa shape index (κ1) is 20.2. The minimum Gasteiger partial charge on any atom is -0.435 e. The summed E-state index contributed by atoms with van der Waals surface area (Å²) in [5, 5.41) is 5.10. The zero-order valence-corrected chi connectivity index (χ0v) is 15.3. The van der Waals surface area contributed by atoms with Gasteiger partial charge in [-0.15, -0.1) is 0 Å². The fourth-order valence-corrected chi connectivity index (χ4v) is 2.97. The molecule has 1 heterocycles. The van der Waals surface area contributed by atoms with Crippen molar-refractivity contribution >= 4 is 23.4 Å². The number of carbonyl (C=O) groups excluding carboxylic acids is 3. The fourth-order valence-electron chi connectivity index (χ4n) is 2.97. The normalized spacial score (nSPS) is 16.5. The van der Waals surface area contributed by atoms with Crippen LogP contribution in [0.15, 0.2) is 54.6 Å². The van der Waals surface area contributed by atoms with Crippen LogP contribution in [0, 0.1) is 0 Å². The topological polar surface area (TPSA) is 87.7 Å². The molecule has 1 fully saturated rings. The summed E-state index contributed by atoms with van der Waals surface area (Å²) in [6.07, 6.45) is -0.245. The van der Waals surface area contributed by atoms with Crippen LogP contribution in [0.2, 0.25) is 0 Å². The molecule has 1 saturated heterocycles. The van der Waals surface area contributed by atoms with Crippen LogP contribution in [0.1, 0.15) is 12.0 Å². The Morgan fingerprint density at radius 2 is 1.83 bits per heavy atom. The van der Waals surface area contributed by atoms with Gasteiger partial charge in [0.05, 0.1) is 13.0 Å². The summed E-state index contributed by atoms with van der Waals surface area (Å²) in [6, 6.07) is 13.6. The second kappa shape index (κ2) is 9.13. The lowest BCUT2D eigenvalue weighted by Crippen LogP contribution is -2.58. The molecule has 7 nitrogen and oxygen atoms in total. The van der Waals surface area contributed by atoms with Crippen molar-refractivity contribution in [1.82, 2.24) is 10.2 Å². The maximum absolute atomic E-state index is 12.7. The van der Waals surface area contributed by atoms with E-state index in [0.717, 1.165) is 5.56 Å². The molecule has 2 N–H and O–H groups in total. The smallest absolute Gasteiger partial charge is 0.387 e. The largest absolute Gasteiger partial charge is 0.435 e. The van der Waals surface area contributed by atoms with Crippen molar-refractivity contribution in [1.29, 1.82) is 0 Å². The first-order valence-corrected chi connectivity index (χ1v) is 8.87. The Hall–Kier alpha value is -3.49. The minimum absolute atomic E-state index is 0.0377. The van der Waals surface area contributed by atoms with E-state index in [-0.39, 0.29) is 37.1 Å². The molecule has 0 saturated carbocycles. The van der Waals surface area contributed by atoms with Crippen LogP contribution >= 0.6 is 0 Å². The van der Waals surface area contributed by atoms with Crippen molar-refractivity contribution in [3.05, 3.63) is 60.2 Å². The van der Waals surface area contributed by atoms with Gasteiger partial charge in [0.1, 0.15) is 11.8 Å². The lowest BCUT2D eigenvalue weighted by Gasteiger charge is -2.32. The zero-order chi connectivity index (χ0) is 20.8. The summed E-state index contributed by atoms with van der Waals surface area (Å²) in [5.74, 6) is -1.21. The highest BCUT2D eigenvalue weighted by Crippen LogP contribution is 2.18. The quantitative estimate of drug-likeness (QED) is 0.742. The van der Waals surface area contributed by atoms with Gasteiger partial charge in [-0.1, -0.05) is 30.3 Å². The highest BCUT2D eigenvalue weighted by atomic mass is 19.3. The second-order valence-electron chi connectivity index (χ2n) is 6.46. The number of amides is 3. The molecule has 1 aliphatic rings. The molecule has 0 aliphatic carbocycles. The van der Waals surface area contributed by atoms with Gasteiger partial charge in [-0.2, -0.15) is 8.78 Å². The Bertz CT molecular complexity index is 875. The predicted molar refractivity (Wildman–Crippen MR) is 100 cm³/mol. The molecule has 0 radical (unpaired) electrons. The van der Waals surface area contributed by atoms with Gasteiger partial charge in [0.25, 0.3) is 0 Å². The number of ether oxygens (including phenoxy) is 1. The number of nitrogens with zero attached hydrogens (tertiary/aromatic N) is 1. The van der Waals surface area contributed by atoms with Crippen LogP contribution in [-0.2, 0) is 20.9 Å². The average molecular weight is 403 g/mol. The van der Waals surface area contributed by atoms with Gasteiger partial charge in [-0.3, -0.25) is 14.4 Å². The summed E-state index contributed by atoms with van der Waals surface area (Å²) >= 11 is 0. The van der Waals surface area contributed by atoms with Crippen molar-refractivity contribution in [2.24, 2.45) is 0 Å². The highest BCUT2D eigenvalue weighted by Gasteiger charge is 2.34. The molecule has 1 unspecified atom stereocenters. The van der Waals surface area contributed by atoms with E-state index in [1.165, 1.54) is 29.2 Å². The van der Waals surface area contributed by atoms with Crippen molar-refractivity contribution < 1.29 is 27.9 Å². The molecule has 1 atom stereocenters. The van der Waals surface area contributed by atoms with E-state index in [2.05, 4.69) is 15.4 Å². The monoisotopic (exact) mass is 403 g/mol. The molecule has 3 rings (SSSR count). The third-order valence-electron chi connectivity index (χ3n) is 4.25. The summed E-state index contributed by atoms with van der Waals surface area (Å²) in [5.41, 5.74) is 1.23. The van der Waals surface area contributed by atoms with Gasteiger partial charge < -0.3 is 20.3 Å². The van der Waals surface area contributed by atoms with Gasteiger partial charge in [-0.25, -0.2) is 0 Å². The van der Waals surface area contributed by atoms with E-state index in [0.29, 0.717) is 5.69 Å². The van der Waals surface area contributed by atoms with Crippen LogP contribution in [0.5, 0.6) is 5.75 Å². The van der Waals surface area contributed by atoms with Crippen molar-refractivity contribution in [2.45, 2.75) is 25.6 Å². The first-order valence-electron chi connectivity index (χ1n) is 8.87. The SMILES string of the molecule is O=C(CC1NC(=O)CN(Cc2ccccc2)C1=O)Nc1ccc(OC(F)F)cc1. The van der Waals surface area contributed by atoms with Crippen LogP contribution in [0.3, 0.4) is 0 Å². The molecule has 152 valence electrons. The predicted octanol–water partition coefficient (Wildman–Crippen LogP) is 2.14. The maximum atomic E-state index is 12.7. The van der Waals surface area contributed by atoms with Crippen LogP contribution < -0.4 is 15.4 Å². The number of hydrogen-bond donors (Lipinski definition) is 2. The van der Waals surface area contributed by atoms with Crippen LogP contribution in [0.25, 0.3) is 0 Å². The lowest BCUT2D eigenvalue weighted by atomic mass is 10.1. The maximum Gasteiger partial charge on any atom is 0.387 e. The van der Waals surface area contributed by atoms with E-state index in [1.807, 2.05) is 30.3 Å². The van der Waals surface area contributed by atoms with Gasteiger partial charge >= 0.3 is 6.61 Å². The van der Waals surface area contributed by atoms with Gasteiger partial charge in [0.2, 0.25) is 17.7 Å². The lowest BCUT2D eigenvalue weighted by molar-refractivity contribution is -0.145. The summed E-state index contributed by atoms with van der Waals surface area (Å²) in [7, 11) is 0. The molecule has 29 heavy (non-hydrogen) atoms. The first-order chi connectivity index (χ1) is 13.9. The van der Waals surface area contributed by atoms with E-state index in [1.54, 1.807) is 0 Å². The second-order valence-corrected chi connectivity index (χ2v) is 6.46. The van der Waals surface area contributed by atoms with Gasteiger partial charge in [0, 0.05) is 12.2 Å². The summed E-state index contributed by atoms with van der Waals surface area (Å²) in [4.78, 5) is 38.3. The van der Waals surface area contributed by atoms with E-state index < -0.39 is 18.6 Å².